The predicted octanol–water partition coefficient (Wildman–Crippen LogP) is 9.63. The molecule has 150 valence electrons. The second-order valence-corrected chi connectivity index (χ2v) is 9.21. The molecule has 0 aromatic carbocycles. The first kappa shape index (κ1) is 24.7. The van der Waals surface area contributed by atoms with Gasteiger partial charge in [-0.15, -0.1) is 0 Å². The zero-order valence-electron chi connectivity index (χ0n) is 18.8. The molecule has 0 radical (unpaired) electrons. The van der Waals surface area contributed by atoms with Crippen LogP contribution in [0.2, 0.25) is 0 Å². The number of hydrogen-bond donors (Lipinski definition) is 0. The molecule has 0 aromatic heterocycles. The van der Waals surface area contributed by atoms with Crippen LogP contribution in [0.1, 0.15) is 144 Å². The third kappa shape index (κ3) is 14.6. The summed E-state index contributed by atoms with van der Waals surface area (Å²) in [5.41, 5.74) is 3.50. The molecule has 0 aliphatic heterocycles. The van der Waals surface area contributed by atoms with Gasteiger partial charge in [0.25, 0.3) is 0 Å². The molecule has 0 atom stereocenters. The van der Waals surface area contributed by atoms with Crippen LogP contribution in [0.4, 0.5) is 0 Å². The topological polar surface area (TPSA) is 0 Å². The maximum absolute atomic E-state index is 2.42. The Kier molecular flexibility index (Phi) is 15.8. The lowest BCUT2D eigenvalue weighted by atomic mass is 9.78. The second-order valence-electron chi connectivity index (χ2n) is 9.21. The molecule has 0 amide bonds. The molecular formula is C25H50. The Morgan fingerprint density at radius 2 is 0.840 bits per heavy atom. The van der Waals surface area contributed by atoms with E-state index < -0.39 is 0 Å². The van der Waals surface area contributed by atoms with Crippen molar-refractivity contribution < 1.29 is 0 Å². The maximum Gasteiger partial charge on any atom is -0.0145 e. The van der Waals surface area contributed by atoms with Crippen LogP contribution in [0.3, 0.4) is 0 Å². The fourth-order valence-electron chi connectivity index (χ4n) is 3.80. The monoisotopic (exact) mass is 350 g/mol. The van der Waals surface area contributed by atoms with Gasteiger partial charge >= 0.3 is 0 Å². The number of hydrogen-bond acceptors (Lipinski definition) is 0. The van der Waals surface area contributed by atoms with Crippen molar-refractivity contribution in [2.75, 3.05) is 0 Å². The van der Waals surface area contributed by atoms with E-state index in [-0.39, 0.29) is 0 Å². The van der Waals surface area contributed by atoms with Gasteiger partial charge in [0, 0.05) is 0 Å². The third-order valence-electron chi connectivity index (χ3n) is 6.17. The van der Waals surface area contributed by atoms with Gasteiger partial charge in [-0.25, -0.2) is 0 Å². The van der Waals surface area contributed by atoms with Crippen molar-refractivity contribution in [3.8, 4) is 0 Å². The number of allylic oxidation sites excluding steroid dienone is 2. The van der Waals surface area contributed by atoms with Crippen LogP contribution in [0, 0.1) is 5.41 Å². The van der Waals surface area contributed by atoms with Crippen molar-refractivity contribution in [3.63, 3.8) is 0 Å². The van der Waals surface area contributed by atoms with Gasteiger partial charge in [-0.3, -0.25) is 0 Å². The minimum atomic E-state index is 0.398. The molecule has 0 saturated heterocycles. The van der Waals surface area contributed by atoms with Gasteiger partial charge in [-0.05, 0) is 32.6 Å². The zero-order chi connectivity index (χ0) is 19.0. The first-order valence-electron chi connectivity index (χ1n) is 11.6. The highest BCUT2D eigenvalue weighted by atomic mass is 14.2. The SMILES string of the molecule is CCCCCCCCCCCCCCCCCC(C)(C)C(C)=C(C)C. The molecule has 0 heterocycles. The van der Waals surface area contributed by atoms with Crippen molar-refractivity contribution in [1.82, 2.24) is 0 Å². The summed E-state index contributed by atoms with van der Waals surface area (Å²) >= 11 is 0. The summed E-state index contributed by atoms with van der Waals surface area (Å²) in [6.07, 6.45) is 23.1. The van der Waals surface area contributed by atoms with Crippen LogP contribution in [-0.2, 0) is 0 Å². The smallest absolute Gasteiger partial charge is 0.0145 e. The lowest BCUT2D eigenvalue weighted by Crippen LogP contribution is -2.13. The molecule has 0 fully saturated rings. The summed E-state index contributed by atoms with van der Waals surface area (Å²) in [4.78, 5) is 0. The zero-order valence-corrected chi connectivity index (χ0v) is 18.8. The molecule has 0 spiro atoms. The summed E-state index contributed by atoms with van der Waals surface area (Å²) in [5.74, 6) is 0. The Labute approximate surface area is 161 Å². The van der Waals surface area contributed by atoms with Crippen LogP contribution >= 0.6 is 0 Å². The molecule has 0 N–H and O–H groups in total. The van der Waals surface area contributed by atoms with Gasteiger partial charge in [0.15, 0.2) is 0 Å². The van der Waals surface area contributed by atoms with Crippen LogP contribution in [0.5, 0.6) is 0 Å². The highest BCUT2D eigenvalue weighted by molar-refractivity contribution is 5.14. The van der Waals surface area contributed by atoms with Crippen LogP contribution in [-0.4, -0.2) is 0 Å². The highest BCUT2D eigenvalue weighted by Crippen LogP contribution is 2.34. The summed E-state index contributed by atoms with van der Waals surface area (Å²) in [6.45, 7) is 14.0. The maximum atomic E-state index is 2.42. The quantitative estimate of drug-likeness (QED) is 0.181. The largest absolute Gasteiger partial charge is 0.0770 e. The van der Waals surface area contributed by atoms with Gasteiger partial charge in [-0.2, -0.15) is 0 Å². The van der Waals surface area contributed by atoms with Crippen LogP contribution in [0.25, 0.3) is 0 Å². The Balaban J connectivity index is 3.33. The molecule has 0 nitrogen and oxygen atoms in total. The van der Waals surface area contributed by atoms with Crippen molar-refractivity contribution in [3.05, 3.63) is 11.1 Å². The Hall–Kier alpha value is -0.260. The standard InChI is InChI=1S/C25H50/c1-7-8-9-10-11-12-13-14-15-16-17-18-19-20-21-22-25(5,6)24(4)23(2)3/h7-22H2,1-6H3. The summed E-state index contributed by atoms with van der Waals surface area (Å²) in [7, 11) is 0. The van der Waals surface area contributed by atoms with E-state index in [4.69, 9.17) is 0 Å². The molecule has 0 rings (SSSR count). The van der Waals surface area contributed by atoms with E-state index in [0.717, 1.165) is 0 Å². The third-order valence-corrected chi connectivity index (χ3v) is 6.17. The molecule has 0 heteroatoms. The molecule has 0 aromatic rings. The van der Waals surface area contributed by atoms with Crippen LogP contribution in [0.15, 0.2) is 11.1 Å². The van der Waals surface area contributed by atoms with E-state index in [0.29, 0.717) is 5.41 Å². The second kappa shape index (κ2) is 16.0. The minimum Gasteiger partial charge on any atom is -0.0770 e. The lowest BCUT2D eigenvalue weighted by molar-refractivity contribution is 0.379. The van der Waals surface area contributed by atoms with Gasteiger partial charge < -0.3 is 0 Å². The van der Waals surface area contributed by atoms with Gasteiger partial charge in [0.05, 0.1) is 0 Å². The number of unbranched alkanes of at least 4 members (excludes halogenated alkanes) is 14. The van der Waals surface area contributed by atoms with Crippen molar-refractivity contribution >= 4 is 0 Å². The molecule has 0 aliphatic carbocycles. The lowest BCUT2D eigenvalue weighted by Gasteiger charge is -2.27. The van der Waals surface area contributed by atoms with Gasteiger partial charge in [0.1, 0.15) is 0 Å². The Morgan fingerprint density at radius 1 is 0.520 bits per heavy atom. The van der Waals surface area contributed by atoms with E-state index in [2.05, 4.69) is 41.5 Å². The van der Waals surface area contributed by atoms with E-state index in [9.17, 15) is 0 Å². The average molecular weight is 351 g/mol. The normalized spacial score (nSPS) is 11.8. The average Bonchev–Trinajstić information content (AvgIpc) is 2.57. The van der Waals surface area contributed by atoms with Gasteiger partial charge in [0.2, 0.25) is 0 Å². The van der Waals surface area contributed by atoms with E-state index in [1.165, 1.54) is 108 Å². The molecule has 0 aliphatic rings. The van der Waals surface area contributed by atoms with Crippen molar-refractivity contribution in [2.24, 2.45) is 5.41 Å². The summed E-state index contributed by atoms with van der Waals surface area (Å²) < 4.78 is 0. The van der Waals surface area contributed by atoms with E-state index in [1.807, 2.05) is 0 Å². The number of rotatable bonds is 17. The highest BCUT2D eigenvalue weighted by Gasteiger charge is 2.19. The fourth-order valence-corrected chi connectivity index (χ4v) is 3.80. The fraction of sp³-hybridized carbons (Fsp3) is 0.920. The van der Waals surface area contributed by atoms with Gasteiger partial charge in [-0.1, -0.05) is 128 Å². The first-order valence-corrected chi connectivity index (χ1v) is 11.6. The predicted molar refractivity (Wildman–Crippen MR) is 117 cm³/mol. The van der Waals surface area contributed by atoms with E-state index in [1.54, 1.807) is 5.57 Å². The molecule has 0 saturated carbocycles. The molecular weight excluding hydrogens is 300 g/mol. The molecule has 0 bridgehead atoms. The van der Waals surface area contributed by atoms with Crippen molar-refractivity contribution in [1.29, 1.82) is 0 Å². The minimum absolute atomic E-state index is 0.398. The van der Waals surface area contributed by atoms with Crippen LogP contribution < -0.4 is 0 Å². The molecule has 0 unspecified atom stereocenters. The summed E-state index contributed by atoms with van der Waals surface area (Å²) in [6, 6.07) is 0. The Bertz CT molecular complexity index is 317. The molecule has 25 heavy (non-hydrogen) atoms. The summed E-state index contributed by atoms with van der Waals surface area (Å²) in [5, 5.41) is 0. The first-order chi connectivity index (χ1) is 11.9. The Morgan fingerprint density at radius 3 is 1.16 bits per heavy atom. The van der Waals surface area contributed by atoms with Crippen molar-refractivity contribution in [2.45, 2.75) is 144 Å². The van der Waals surface area contributed by atoms with E-state index >= 15 is 0 Å².